The molecule has 1 aromatic heterocycles. The van der Waals surface area contributed by atoms with Gasteiger partial charge in [-0.15, -0.1) is 11.3 Å². The molecule has 1 amide bonds. The van der Waals surface area contributed by atoms with Crippen LogP contribution in [0.15, 0.2) is 5.38 Å². The molecule has 0 bridgehead atoms. The highest BCUT2D eigenvalue weighted by Gasteiger charge is 2.10. The van der Waals surface area contributed by atoms with Crippen LogP contribution in [0.4, 0.5) is 13.9 Å². The Bertz CT molecular complexity index is 401. The molecule has 1 atom stereocenters. The molecular weight excluding hydrogens is 276 g/mol. The van der Waals surface area contributed by atoms with Gasteiger partial charge in [-0.25, -0.2) is 13.8 Å². The van der Waals surface area contributed by atoms with E-state index in [0.29, 0.717) is 5.13 Å². The molecule has 8 heteroatoms. The van der Waals surface area contributed by atoms with Crippen LogP contribution in [0, 0.1) is 0 Å². The molecule has 0 saturated carbocycles. The van der Waals surface area contributed by atoms with Crippen LogP contribution in [0.3, 0.4) is 0 Å². The highest BCUT2D eigenvalue weighted by atomic mass is 32.1. The Morgan fingerprint density at radius 1 is 1.58 bits per heavy atom. The standard InChI is InChI=1S/C11H17F2N3O2S/c1-7(14-2)8-6-19-11(15-8)16-10(17)3-4-18-5-9(12)13/h6-7,9,14H,3-5H2,1-2H3,(H,15,16,17). The number of alkyl halides is 2. The first-order chi connectivity index (χ1) is 9.02. The first-order valence-corrected chi connectivity index (χ1v) is 6.69. The molecule has 1 heterocycles. The van der Waals surface area contributed by atoms with Crippen LogP contribution in [-0.4, -0.2) is 37.6 Å². The molecule has 108 valence electrons. The van der Waals surface area contributed by atoms with Gasteiger partial charge in [0.1, 0.15) is 6.61 Å². The monoisotopic (exact) mass is 293 g/mol. The number of carbonyl (C=O) groups excluding carboxylic acids is 1. The maximum Gasteiger partial charge on any atom is 0.261 e. The van der Waals surface area contributed by atoms with Crippen molar-refractivity contribution in [3.8, 4) is 0 Å². The van der Waals surface area contributed by atoms with Crippen LogP contribution in [0.2, 0.25) is 0 Å². The van der Waals surface area contributed by atoms with Crippen LogP contribution in [0.25, 0.3) is 0 Å². The normalized spacial score (nSPS) is 12.7. The van der Waals surface area contributed by atoms with Gasteiger partial charge in [-0.1, -0.05) is 0 Å². The number of nitrogens with zero attached hydrogens (tertiary/aromatic N) is 1. The second kappa shape index (κ2) is 8.13. The number of aromatic nitrogens is 1. The summed E-state index contributed by atoms with van der Waals surface area (Å²) in [6.07, 6.45) is -2.48. The van der Waals surface area contributed by atoms with Crippen molar-refractivity contribution in [2.75, 3.05) is 25.6 Å². The number of hydrogen-bond donors (Lipinski definition) is 2. The molecule has 0 fully saturated rings. The molecule has 0 spiro atoms. The van der Waals surface area contributed by atoms with E-state index >= 15 is 0 Å². The van der Waals surface area contributed by atoms with E-state index in [2.05, 4.69) is 20.4 Å². The topological polar surface area (TPSA) is 63.2 Å². The number of rotatable bonds is 8. The predicted octanol–water partition coefficient (Wildman–Crippen LogP) is 2.03. The molecule has 0 aliphatic carbocycles. The summed E-state index contributed by atoms with van der Waals surface area (Å²) in [5, 5.41) is 7.99. The number of nitrogens with one attached hydrogen (secondary N) is 2. The maximum absolute atomic E-state index is 11.8. The zero-order valence-corrected chi connectivity index (χ0v) is 11.6. The summed E-state index contributed by atoms with van der Waals surface area (Å²) in [4.78, 5) is 15.7. The summed E-state index contributed by atoms with van der Waals surface area (Å²) in [6.45, 7) is 1.29. The molecular formula is C11H17F2N3O2S. The lowest BCUT2D eigenvalue weighted by molar-refractivity contribution is -0.117. The first-order valence-electron chi connectivity index (χ1n) is 5.81. The van der Waals surface area contributed by atoms with E-state index in [1.807, 2.05) is 19.4 Å². The van der Waals surface area contributed by atoms with E-state index < -0.39 is 13.0 Å². The lowest BCUT2D eigenvalue weighted by Gasteiger charge is -2.05. The van der Waals surface area contributed by atoms with Gasteiger partial charge in [-0.05, 0) is 14.0 Å². The summed E-state index contributed by atoms with van der Waals surface area (Å²) >= 11 is 1.32. The predicted molar refractivity (Wildman–Crippen MR) is 69.7 cm³/mol. The fourth-order valence-electron chi connectivity index (χ4n) is 1.21. The molecule has 1 rings (SSSR count). The quantitative estimate of drug-likeness (QED) is 0.720. The van der Waals surface area contributed by atoms with Crippen molar-refractivity contribution in [3.63, 3.8) is 0 Å². The lowest BCUT2D eigenvalue weighted by atomic mass is 10.3. The lowest BCUT2D eigenvalue weighted by Crippen LogP contribution is -2.16. The number of anilines is 1. The number of thiazole rings is 1. The Kier molecular flexibility index (Phi) is 6.82. The number of ether oxygens (including phenoxy) is 1. The summed E-state index contributed by atoms with van der Waals surface area (Å²) in [6, 6.07) is 0.108. The summed E-state index contributed by atoms with van der Waals surface area (Å²) < 4.78 is 28.2. The zero-order valence-electron chi connectivity index (χ0n) is 10.8. The Morgan fingerprint density at radius 2 is 2.32 bits per heavy atom. The number of amides is 1. The van der Waals surface area contributed by atoms with E-state index in [0.717, 1.165) is 5.69 Å². The van der Waals surface area contributed by atoms with Crippen LogP contribution in [0.1, 0.15) is 25.1 Å². The minimum absolute atomic E-state index is 0.0265. The molecule has 2 N–H and O–H groups in total. The third-order valence-corrected chi connectivity index (χ3v) is 3.14. The second-order valence-corrected chi connectivity index (χ2v) is 4.71. The fourth-order valence-corrected chi connectivity index (χ4v) is 2.03. The van der Waals surface area contributed by atoms with Gasteiger partial charge in [0.15, 0.2) is 5.13 Å². The van der Waals surface area contributed by atoms with Crippen molar-refractivity contribution in [1.29, 1.82) is 0 Å². The maximum atomic E-state index is 11.8. The van der Waals surface area contributed by atoms with Gasteiger partial charge < -0.3 is 15.4 Å². The molecule has 0 saturated heterocycles. The minimum atomic E-state index is -2.51. The molecule has 0 radical (unpaired) electrons. The smallest absolute Gasteiger partial charge is 0.261 e. The Morgan fingerprint density at radius 3 is 2.95 bits per heavy atom. The third-order valence-electron chi connectivity index (χ3n) is 2.36. The average molecular weight is 293 g/mol. The van der Waals surface area contributed by atoms with Crippen LogP contribution in [-0.2, 0) is 9.53 Å². The van der Waals surface area contributed by atoms with Crippen molar-refractivity contribution in [1.82, 2.24) is 10.3 Å². The Hall–Kier alpha value is -1.12. The fraction of sp³-hybridized carbons (Fsp3) is 0.636. The second-order valence-electron chi connectivity index (χ2n) is 3.85. The van der Waals surface area contributed by atoms with E-state index in [9.17, 15) is 13.6 Å². The number of hydrogen-bond acceptors (Lipinski definition) is 5. The highest BCUT2D eigenvalue weighted by molar-refractivity contribution is 7.13. The van der Waals surface area contributed by atoms with Gasteiger partial charge in [0.2, 0.25) is 5.91 Å². The van der Waals surface area contributed by atoms with Gasteiger partial charge >= 0.3 is 0 Å². The van der Waals surface area contributed by atoms with Crippen molar-refractivity contribution in [3.05, 3.63) is 11.1 Å². The third kappa shape index (κ3) is 6.04. The van der Waals surface area contributed by atoms with Gasteiger partial charge in [0, 0.05) is 11.4 Å². The Balaban J connectivity index is 2.30. The molecule has 19 heavy (non-hydrogen) atoms. The van der Waals surface area contributed by atoms with Gasteiger partial charge in [0.25, 0.3) is 6.43 Å². The van der Waals surface area contributed by atoms with Gasteiger partial charge in [-0.3, -0.25) is 4.79 Å². The molecule has 1 unspecified atom stereocenters. The first kappa shape index (κ1) is 15.9. The van der Waals surface area contributed by atoms with Crippen LogP contribution in [0.5, 0.6) is 0 Å². The van der Waals surface area contributed by atoms with Crippen molar-refractivity contribution >= 4 is 22.4 Å². The summed E-state index contributed by atoms with van der Waals surface area (Å²) in [5.74, 6) is -0.299. The molecule has 5 nitrogen and oxygen atoms in total. The average Bonchev–Trinajstić information content (AvgIpc) is 2.82. The molecule has 0 aliphatic heterocycles. The van der Waals surface area contributed by atoms with E-state index in [1.165, 1.54) is 11.3 Å². The molecule has 1 aromatic rings. The van der Waals surface area contributed by atoms with Crippen LogP contribution >= 0.6 is 11.3 Å². The van der Waals surface area contributed by atoms with E-state index in [-0.39, 0.29) is 25.0 Å². The number of carbonyl (C=O) groups is 1. The molecule has 0 aliphatic rings. The molecule has 0 aromatic carbocycles. The van der Waals surface area contributed by atoms with E-state index in [1.54, 1.807) is 0 Å². The van der Waals surface area contributed by atoms with Crippen LogP contribution < -0.4 is 10.6 Å². The SMILES string of the molecule is CNC(C)c1csc(NC(=O)CCOCC(F)F)n1. The Labute approximate surface area is 114 Å². The minimum Gasteiger partial charge on any atom is -0.375 e. The summed E-state index contributed by atoms with van der Waals surface area (Å²) in [7, 11) is 1.82. The number of halogens is 2. The van der Waals surface area contributed by atoms with Crippen molar-refractivity contribution < 1.29 is 18.3 Å². The van der Waals surface area contributed by atoms with Gasteiger partial charge in [0.05, 0.1) is 18.7 Å². The zero-order chi connectivity index (χ0) is 14.3. The van der Waals surface area contributed by atoms with Crippen molar-refractivity contribution in [2.45, 2.75) is 25.8 Å². The van der Waals surface area contributed by atoms with E-state index in [4.69, 9.17) is 0 Å². The summed E-state index contributed by atoms with van der Waals surface area (Å²) in [5.41, 5.74) is 0.844. The van der Waals surface area contributed by atoms with Gasteiger partial charge in [-0.2, -0.15) is 0 Å². The van der Waals surface area contributed by atoms with Crippen molar-refractivity contribution in [2.24, 2.45) is 0 Å². The highest BCUT2D eigenvalue weighted by Crippen LogP contribution is 2.20. The largest absolute Gasteiger partial charge is 0.375 e.